The maximum Gasteiger partial charge on any atom is 0.102 e. The van der Waals surface area contributed by atoms with Crippen LogP contribution in [0.2, 0.25) is 0 Å². The lowest BCUT2D eigenvalue weighted by molar-refractivity contribution is 0.686. The van der Waals surface area contributed by atoms with Crippen LogP contribution in [0, 0.1) is 10.8 Å². The van der Waals surface area contributed by atoms with E-state index >= 15 is 0 Å². The Morgan fingerprint density at radius 1 is 1.33 bits per heavy atom. The summed E-state index contributed by atoms with van der Waals surface area (Å²) < 4.78 is 0. The van der Waals surface area contributed by atoms with Crippen LogP contribution in [0.4, 0.5) is 0 Å². The molecule has 0 bridgehead atoms. The van der Waals surface area contributed by atoms with Gasteiger partial charge >= 0.3 is 0 Å². The largest absolute Gasteiger partial charge is 0.290 e. The molecule has 0 aliphatic heterocycles. The number of nitrogens with two attached hydrogens (primary N) is 1. The first kappa shape index (κ1) is 5.10. The lowest BCUT2D eigenvalue weighted by atomic mass is 11.1. The predicted molar refractivity (Wildman–Crippen MR) is 23.6 cm³/mol. The van der Waals surface area contributed by atoms with Crippen molar-refractivity contribution < 1.29 is 0 Å². The molecule has 4 N–H and O–H groups in total. The zero-order valence-electron chi connectivity index (χ0n) is 3.18. The topological polar surface area (TPSA) is 77.0 Å². The first-order valence-corrected chi connectivity index (χ1v) is 1.35. The number of hydrogen-bond donors (Lipinski definition) is 3. The van der Waals surface area contributed by atoms with Crippen molar-refractivity contribution in [2.24, 2.45) is 5.84 Å². The molecule has 4 nitrogen and oxygen atoms in total. The fraction of sp³-hybridized carbons (Fsp3) is 0. The standard InChI is InChI=1S/C2H6N4/c3-1-6(5)2-4/h1-4H,5H2. The first-order chi connectivity index (χ1) is 2.81. The van der Waals surface area contributed by atoms with Gasteiger partial charge in [-0.2, -0.15) is 0 Å². The summed E-state index contributed by atoms with van der Waals surface area (Å²) in [6.07, 6.45) is 1.68. The molecule has 0 spiro atoms. The number of nitrogens with one attached hydrogen (secondary N) is 2. The van der Waals surface area contributed by atoms with Gasteiger partial charge in [-0.15, -0.1) is 0 Å². The molecule has 4 heteroatoms. The van der Waals surface area contributed by atoms with Gasteiger partial charge in [-0.25, -0.2) is 5.84 Å². The number of nitrogens with zero attached hydrogens (tertiary/aromatic N) is 1. The molecule has 0 aromatic carbocycles. The Morgan fingerprint density at radius 2 is 1.67 bits per heavy atom. The molecule has 0 atom stereocenters. The Hall–Kier alpha value is -0.900. The van der Waals surface area contributed by atoms with Gasteiger partial charge in [-0.05, 0) is 0 Å². The highest BCUT2D eigenvalue weighted by atomic mass is 15.4. The van der Waals surface area contributed by atoms with Gasteiger partial charge in [0.05, 0.1) is 0 Å². The van der Waals surface area contributed by atoms with Crippen molar-refractivity contribution in [3.8, 4) is 0 Å². The van der Waals surface area contributed by atoms with Crippen molar-refractivity contribution in [3.05, 3.63) is 0 Å². The summed E-state index contributed by atoms with van der Waals surface area (Å²) in [4.78, 5) is 0. The van der Waals surface area contributed by atoms with Crippen LogP contribution in [0.3, 0.4) is 0 Å². The minimum Gasteiger partial charge on any atom is -0.290 e. The molecule has 0 fully saturated rings. The van der Waals surface area contributed by atoms with Crippen LogP contribution in [0.5, 0.6) is 0 Å². The van der Waals surface area contributed by atoms with E-state index in [0.717, 1.165) is 17.7 Å². The van der Waals surface area contributed by atoms with Crippen LogP contribution in [-0.2, 0) is 0 Å². The van der Waals surface area contributed by atoms with Gasteiger partial charge in [0.1, 0.15) is 12.7 Å². The highest BCUT2D eigenvalue weighted by molar-refractivity contribution is 5.70. The van der Waals surface area contributed by atoms with Crippen molar-refractivity contribution in [1.29, 1.82) is 10.8 Å². The van der Waals surface area contributed by atoms with E-state index < -0.39 is 0 Å². The van der Waals surface area contributed by atoms with Crippen molar-refractivity contribution in [3.63, 3.8) is 0 Å². The van der Waals surface area contributed by atoms with E-state index in [1.165, 1.54) is 0 Å². The highest BCUT2D eigenvalue weighted by Gasteiger charge is 1.72. The van der Waals surface area contributed by atoms with Crippen LogP contribution in [-0.4, -0.2) is 17.7 Å². The number of rotatable bonds is 2. The minimum atomic E-state index is 0.833. The molecule has 0 saturated carbocycles. The Bertz CT molecular complexity index is 50.6. The van der Waals surface area contributed by atoms with Crippen molar-refractivity contribution >= 4 is 12.7 Å². The second-order valence-corrected chi connectivity index (χ2v) is 0.705. The lowest BCUT2D eigenvalue weighted by Crippen LogP contribution is -2.26. The lowest BCUT2D eigenvalue weighted by Gasteiger charge is -1.97. The van der Waals surface area contributed by atoms with Crippen LogP contribution in [0.1, 0.15) is 0 Å². The summed E-state index contributed by atoms with van der Waals surface area (Å²) in [6.45, 7) is 0. The Kier molecular flexibility index (Phi) is 1.99. The molecule has 0 aliphatic rings. The molecule has 0 rings (SSSR count). The molecule has 0 radical (unpaired) electrons. The smallest absolute Gasteiger partial charge is 0.102 e. The average Bonchev–Trinajstić information content (AvgIpc) is 1.65. The minimum absolute atomic E-state index is 0.833. The zero-order chi connectivity index (χ0) is 4.99. The quantitative estimate of drug-likeness (QED) is 0.181. The normalized spacial score (nSPS) is 6.83. The van der Waals surface area contributed by atoms with Crippen molar-refractivity contribution in [2.75, 3.05) is 0 Å². The van der Waals surface area contributed by atoms with E-state index in [4.69, 9.17) is 16.7 Å². The van der Waals surface area contributed by atoms with E-state index in [2.05, 4.69) is 0 Å². The van der Waals surface area contributed by atoms with Gasteiger partial charge in [0.15, 0.2) is 0 Å². The summed E-state index contributed by atoms with van der Waals surface area (Å²) in [5.74, 6) is 4.82. The van der Waals surface area contributed by atoms with Gasteiger partial charge in [0, 0.05) is 0 Å². The third-order valence-electron chi connectivity index (χ3n) is 0.298. The fourth-order valence-electron chi connectivity index (χ4n) is 0.0373. The molecule has 0 aliphatic carbocycles. The van der Waals surface area contributed by atoms with E-state index in [1.807, 2.05) is 0 Å². The number of hydrogen-bond acceptors (Lipinski definition) is 3. The monoisotopic (exact) mass is 86.1 g/mol. The van der Waals surface area contributed by atoms with Gasteiger partial charge < -0.3 is 0 Å². The average molecular weight is 86.1 g/mol. The molecule has 34 valence electrons. The van der Waals surface area contributed by atoms with Gasteiger partial charge in [-0.1, -0.05) is 0 Å². The van der Waals surface area contributed by atoms with Crippen LogP contribution < -0.4 is 5.84 Å². The summed E-state index contributed by atoms with van der Waals surface area (Å²) >= 11 is 0. The van der Waals surface area contributed by atoms with Gasteiger partial charge in [-0.3, -0.25) is 15.8 Å². The molecular weight excluding hydrogens is 80.0 g/mol. The second kappa shape index (κ2) is 2.34. The molecule has 0 unspecified atom stereocenters. The molecule has 0 heterocycles. The third kappa shape index (κ3) is 1.42. The molecular formula is C2H6N4. The first-order valence-electron chi connectivity index (χ1n) is 1.35. The Balaban J connectivity index is 3.21. The Morgan fingerprint density at radius 3 is 1.67 bits per heavy atom. The zero-order valence-corrected chi connectivity index (χ0v) is 3.18. The number of hydrazine groups is 1. The van der Waals surface area contributed by atoms with E-state index in [-0.39, 0.29) is 0 Å². The molecule has 0 aromatic heterocycles. The summed E-state index contributed by atoms with van der Waals surface area (Å²) in [7, 11) is 0. The Labute approximate surface area is 35.5 Å². The van der Waals surface area contributed by atoms with Gasteiger partial charge in [0.25, 0.3) is 0 Å². The highest BCUT2D eigenvalue weighted by Crippen LogP contribution is 1.49. The molecule has 6 heavy (non-hydrogen) atoms. The van der Waals surface area contributed by atoms with Gasteiger partial charge in [0.2, 0.25) is 0 Å². The van der Waals surface area contributed by atoms with Crippen LogP contribution in [0.25, 0.3) is 0 Å². The second-order valence-electron chi connectivity index (χ2n) is 0.705. The summed E-state index contributed by atoms with van der Waals surface area (Å²) in [5, 5.41) is 13.5. The summed E-state index contributed by atoms with van der Waals surface area (Å²) in [6, 6.07) is 0. The van der Waals surface area contributed by atoms with Crippen LogP contribution >= 0.6 is 0 Å². The molecule has 0 amide bonds. The molecule has 0 saturated heterocycles. The maximum absolute atomic E-state index is 6.33. The van der Waals surface area contributed by atoms with Crippen molar-refractivity contribution in [1.82, 2.24) is 5.01 Å². The predicted octanol–water partition coefficient (Wildman–Crippen LogP) is -0.624. The van der Waals surface area contributed by atoms with E-state index in [9.17, 15) is 0 Å². The summed E-state index contributed by atoms with van der Waals surface area (Å²) in [5.41, 5.74) is 0. The molecule has 0 aromatic rings. The fourth-order valence-corrected chi connectivity index (χ4v) is 0.0373. The van der Waals surface area contributed by atoms with E-state index in [1.54, 1.807) is 0 Å². The van der Waals surface area contributed by atoms with Crippen LogP contribution in [0.15, 0.2) is 0 Å². The van der Waals surface area contributed by atoms with Crippen molar-refractivity contribution in [2.45, 2.75) is 0 Å². The third-order valence-corrected chi connectivity index (χ3v) is 0.298. The van der Waals surface area contributed by atoms with E-state index in [0.29, 0.717) is 0 Å². The SMILES string of the molecule is N=CN(N)C=N. The maximum atomic E-state index is 6.33.